The van der Waals surface area contributed by atoms with E-state index >= 15 is 0 Å². The van der Waals surface area contributed by atoms with Crippen LogP contribution in [0, 0.1) is 17.7 Å². The number of aromatic amines is 1. The number of H-pyrrole nitrogens is 1. The van der Waals surface area contributed by atoms with Crippen LogP contribution in [0.3, 0.4) is 0 Å². The van der Waals surface area contributed by atoms with Crippen LogP contribution >= 0.6 is 11.8 Å². The van der Waals surface area contributed by atoms with Crippen LogP contribution in [0.25, 0.3) is 11.3 Å². The van der Waals surface area contributed by atoms with Gasteiger partial charge in [-0.25, -0.2) is 9.37 Å². The number of carbonyl (C=O) groups excluding carboxylic acids is 1. The van der Waals surface area contributed by atoms with Gasteiger partial charge in [-0.05, 0) is 67.3 Å². The number of rotatable bonds is 7. The number of hydrogen-bond acceptors (Lipinski definition) is 3. The molecule has 2 fully saturated rings. The molecule has 2 saturated carbocycles. The maximum atomic E-state index is 13.0. The zero-order chi connectivity index (χ0) is 16.5. The first-order valence-corrected chi connectivity index (χ1v) is 9.41. The number of nitrogens with one attached hydrogen (secondary N) is 2. The van der Waals surface area contributed by atoms with Gasteiger partial charge in [0.25, 0.3) is 0 Å². The van der Waals surface area contributed by atoms with Crippen molar-refractivity contribution in [1.29, 1.82) is 0 Å². The monoisotopic (exact) mass is 345 g/mol. The molecule has 126 valence electrons. The molecule has 1 aromatic heterocycles. The molecule has 2 aromatic rings. The summed E-state index contributed by atoms with van der Waals surface area (Å²) in [7, 11) is 0. The first-order chi connectivity index (χ1) is 11.7. The van der Waals surface area contributed by atoms with Crippen LogP contribution in [0.2, 0.25) is 0 Å². The second-order valence-electron chi connectivity index (χ2n) is 6.67. The lowest BCUT2D eigenvalue weighted by molar-refractivity contribution is -0.119. The predicted molar refractivity (Wildman–Crippen MR) is 92.1 cm³/mol. The fourth-order valence-electron chi connectivity index (χ4n) is 3.05. The number of nitrogens with zero attached hydrogens (tertiary/aromatic N) is 1. The largest absolute Gasteiger partial charge is 0.352 e. The van der Waals surface area contributed by atoms with Gasteiger partial charge in [0, 0.05) is 6.04 Å². The van der Waals surface area contributed by atoms with Crippen molar-refractivity contribution in [2.45, 2.75) is 36.9 Å². The second kappa shape index (κ2) is 6.59. The van der Waals surface area contributed by atoms with Gasteiger partial charge in [0.2, 0.25) is 5.91 Å². The van der Waals surface area contributed by atoms with E-state index in [0.717, 1.165) is 11.3 Å². The molecule has 0 bridgehead atoms. The maximum absolute atomic E-state index is 13.0. The molecule has 0 radical (unpaired) electrons. The molecule has 1 heterocycles. The summed E-state index contributed by atoms with van der Waals surface area (Å²) in [6.45, 7) is 0. The van der Waals surface area contributed by atoms with E-state index in [1.54, 1.807) is 18.3 Å². The van der Waals surface area contributed by atoms with Crippen molar-refractivity contribution in [1.82, 2.24) is 15.3 Å². The first kappa shape index (κ1) is 15.7. The molecule has 1 aromatic carbocycles. The van der Waals surface area contributed by atoms with Gasteiger partial charge >= 0.3 is 0 Å². The van der Waals surface area contributed by atoms with Crippen molar-refractivity contribution in [3.8, 4) is 11.3 Å². The number of amides is 1. The summed E-state index contributed by atoms with van der Waals surface area (Å²) in [6, 6.07) is 6.66. The third-order valence-electron chi connectivity index (χ3n) is 4.64. The van der Waals surface area contributed by atoms with E-state index in [2.05, 4.69) is 15.3 Å². The Morgan fingerprint density at radius 3 is 2.54 bits per heavy atom. The molecule has 0 spiro atoms. The van der Waals surface area contributed by atoms with Crippen molar-refractivity contribution in [3.05, 3.63) is 36.3 Å². The number of hydrogen-bond donors (Lipinski definition) is 2. The molecular formula is C18H20FN3OS. The maximum Gasteiger partial charge on any atom is 0.230 e. The Kier molecular flexibility index (Phi) is 4.31. The number of imidazole rings is 1. The van der Waals surface area contributed by atoms with Gasteiger partial charge in [0.05, 0.1) is 17.6 Å². The zero-order valence-electron chi connectivity index (χ0n) is 13.3. The van der Waals surface area contributed by atoms with Crippen molar-refractivity contribution in [2.75, 3.05) is 5.75 Å². The lowest BCUT2D eigenvalue weighted by Crippen LogP contribution is -2.39. The molecule has 1 amide bonds. The average Bonchev–Trinajstić information content (AvgIpc) is 3.50. The summed E-state index contributed by atoms with van der Waals surface area (Å²) in [5, 5.41) is 3.92. The van der Waals surface area contributed by atoms with Gasteiger partial charge in [-0.3, -0.25) is 4.79 Å². The Morgan fingerprint density at radius 2 is 1.92 bits per heavy atom. The van der Waals surface area contributed by atoms with Crippen LogP contribution < -0.4 is 5.32 Å². The summed E-state index contributed by atoms with van der Waals surface area (Å²) in [6.07, 6.45) is 6.74. The molecule has 6 heteroatoms. The summed E-state index contributed by atoms with van der Waals surface area (Å²) in [5.74, 6) is 1.61. The molecule has 0 saturated heterocycles. The topological polar surface area (TPSA) is 57.8 Å². The average molecular weight is 345 g/mol. The number of benzene rings is 1. The third kappa shape index (κ3) is 3.80. The molecule has 0 aliphatic heterocycles. The summed E-state index contributed by atoms with van der Waals surface area (Å²) < 4.78 is 13.0. The minimum absolute atomic E-state index is 0.0866. The Morgan fingerprint density at radius 1 is 1.25 bits per heavy atom. The van der Waals surface area contributed by atoms with Gasteiger partial charge in [-0.15, -0.1) is 0 Å². The van der Waals surface area contributed by atoms with Crippen LogP contribution in [0.1, 0.15) is 25.7 Å². The van der Waals surface area contributed by atoms with Crippen molar-refractivity contribution >= 4 is 17.7 Å². The highest BCUT2D eigenvalue weighted by Gasteiger charge is 2.42. The molecule has 4 nitrogen and oxygen atoms in total. The molecule has 0 atom stereocenters. The van der Waals surface area contributed by atoms with Crippen LogP contribution in [0.15, 0.2) is 35.6 Å². The third-order valence-corrected chi connectivity index (χ3v) is 5.52. The highest BCUT2D eigenvalue weighted by Crippen LogP contribution is 2.44. The van der Waals surface area contributed by atoms with Crippen molar-refractivity contribution < 1.29 is 9.18 Å². The Labute approximate surface area is 144 Å². The minimum atomic E-state index is -0.259. The van der Waals surface area contributed by atoms with Gasteiger partial charge < -0.3 is 10.3 Å². The molecule has 2 aliphatic rings. The lowest BCUT2D eigenvalue weighted by Gasteiger charge is -2.17. The van der Waals surface area contributed by atoms with E-state index in [1.165, 1.54) is 49.6 Å². The fraction of sp³-hybridized carbons (Fsp3) is 0.444. The number of aromatic nitrogens is 2. The van der Waals surface area contributed by atoms with Gasteiger partial charge in [-0.2, -0.15) is 0 Å². The van der Waals surface area contributed by atoms with Crippen LogP contribution in [-0.2, 0) is 4.79 Å². The number of carbonyl (C=O) groups is 1. The molecule has 2 N–H and O–H groups in total. The van der Waals surface area contributed by atoms with Crippen LogP contribution in [0.4, 0.5) is 4.39 Å². The van der Waals surface area contributed by atoms with E-state index in [9.17, 15) is 9.18 Å². The van der Waals surface area contributed by atoms with E-state index in [-0.39, 0.29) is 11.7 Å². The summed E-state index contributed by atoms with van der Waals surface area (Å²) in [5.41, 5.74) is 1.70. The minimum Gasteiger partial charge on any atom is -0.352 e. The summed E-state index contributed by atoms with van der Waals surface area (Å²) >= 11 is 1.40. The first-order valence-electron chi connectivity index (χ1n) is 8.42. The summed E-state index contributed by atoms with van der Waals surface area (Å²) in [4.78, 5) is 19.7. The van der Waals surface area contributed by atoms with E-state index < -0.39 is 0 Å². The molecular weight excluding hydrogens is 325 g/mol. The van der Waals surface area contributed by atoms with Crippen LogP contribution in [0.5, 0.6) is 0 Å². The SMILES string of the molecule is O=C(CSc1ncc(-c2ccc(F)cc2)[nH]1)NC(C1CC1)C1CC1. The lowest BCUT2D eigenvalue weighted by atomic mass is 10.1. The molecule has 24 heavy (non-hydrogen) atoms. The van der Waals surface area contributed by atoms with Gasteiger partial charge in [0.15, 0.2) is 5.16 Å². The van der Waals surface area contributed by atoms with Crippen molar-refractivity contribution in [3.63, 3.8) is 0 Å². The smallest absolute Gasteiger partial charge is 0.230 e. The van der Waals surface area contributed by atoms with E-state index in [0.29, 0.717) is 28.8 Å². The number of halogens is 1. The molecule has 0 unspecified atom stereocenters. The Balaban J connectivity index is 1.31. The quantitative estimate of drug-likeness (QED) is 0.754. The van der Waals surface area contributed by atoms with Crippen LogP contribution in [-0.4, -0.2) is 27.7 Å². The van der Waals surface area contributed by atoms with Crippen molar-refractivity contribution in [2.24, 2.45) is 11.8 Å². The predicted octanol–water partition coefficient (Wildman–Crippen LogP) is 3.61. The van der Waals surface area contributed by atoms with E-state index in [4.69, 9.17) is 0 Å². The van der Waals surface area contributed by atoms with Gasteiger partial charge in [0.1, 0.15) is 5.82 Å². The van der Waals surface area contributed by atoms with E-state index in [1.807, 2.05) is 0 Å². The zero-order valence-corrected chi connectivity index (χ0v) is 14.1. The standard InChI is InChI=1S/C18H20FN3OS/c19-14-7-5-11(6-8-14)15-9-20-18(21-15)24-10-16(23)22-17(12-1-2-12)13-3-4-13/h5-9,12-13,17H,1-4,10H2,(H,20,21)(H,22,23). The normalized spacial score (nSPS) is 17.2. The van der Waals surface area contributed by atoms with Gasteiger partial charge in [-0.1, -0.05) is 11.8 Å². The highest BCUT2D eigenvalue weighted by atomic mass is 32.2. The Hall–Kier alpha value is -1.82. The fourth-order valence-corrected chi connectivity index (χ4v) is 3.71. The molecule has 4 rings (SSSR count). The Bertz CT molecular complexity index is 710. The highest BCUT2D eigenvalue weighted by molar-refractivity contribution is 7.99. The molecule has 2 aliphatic carbocycles. The number of thioether (sulfide) groups is 1. The second-order valence-corrected chi connectivity index (χ2v) is 7.63.